The molecule has 0 aliphatic rings. The Kier molecular flexibility index (Phi) is 34.5. The van der Waals surface area contributed by atoms with Crippen LogP contribution in [0.1, 0.15) is 91.4 Å². The van der Waals surface area contributed by atoms with Crippen molar-refractivity contribution in [3.05, 3.63) is 0 Å². The second-order valence-electron chi connectivity index (χ2n) is 10.2. The van der Waals surface area contributed by atoms with Crippen molar-refractivity contribution in [2.24, 2.45) is 0 Å². The molecule has 40 heavy (non-hydrogen) atoms. The molecule has 0 aromatic heterocycles. The zero-order chi connectivity index (χ0) is 29.2. The molecule has 0 bridgehead atoms. The van der Waals surface area contributed by atoms with Gasteiger partial charge in [0.15, 0.2) is 0 Å². The van der Waals surface area contributed by atoms with Crippen molar-refractivity contribution in [2.75, 3.05) is 99.1 Å². The van der Waals surface area contributed by atoms with E-state index in [-0.39, 0.29) is 18.8 Å². The maximum atomic E-state index is 8.58. The summed E-state index contributed by atoms with van der Waals surface area (Å²) in [5.74, 6) is 0. The first-order chi connectivity index (χ1) is 19.7. The van der Waals surface area contributed by atoms with Crippen LogP contribution in [0.15, 0.2) is 0 Å². The topological polar surface area (TPSA) is 94.1 Å². The van der Waals surface area contributed by atoms with E-state index in [2.05, 4.69) is 6.92 Å². The number of ether oxygens (including phenoxy) is 8. The van der Waals surface area contributed by atoms with Gasteiger partial charge in [-0.05, 0) is 20.3 Å². The van der Waals surface area contributed by atoms with E-state index in [1.165, 1.54) is 64.2 Å². The summed E-state index contributed by atoms with van der Waals surface area (Å²) in [6, 6.07) is 0. The standard InChI is InChI=1S/C31H64O9/c1-4-5-6-7-8-9-10-11-12-13-14-16-38-28-30(2)40-29-31(3)39-27-26-37-25-24-36-23-22-35-21-20-34-19-18-33-17-15-32/h30-32H,4-29H2,1-3H3. The van der Waals surface area contributed by atoms with Gasteiger partial charge in [0.1, 0.15) is 0 Å². The minimum atomic E-state index is 0.0168. The minimum Gasteiger partial charge on any atom is -0.394 e. The summed E-state index contributed by atoms with van der Waals surface area (Å²) in [7, 11) is 0. The van der Waals surface area contributed by atoms with Crippen molar-refractivity contribution in [3.63, 3.8) is 0 Å². The van der Waals surface area contributed by atoms with E-state index < -0.39 is 0 Å². The van der Waals surface area contributed by atoms with Gasteiger partial charge in [-0.25, -0.2) is 0 Å². The Balaban J connectivity index is 3.25. The van der Waals surface area contributed by atoms with Crippen LogP contribution in [0.25, 0.3) is 0 Å². The van der Waals surface area contributed by atoms with E-state index in [4.69, 9.17) is 43.0 Å². The van der Waals surface area contributed by atoms with E-state index in [0.29, 0.717) is 85.9 Å². The molecular formula is C31H64O9. The van der Waals surface area contributed by atoms with Crippen LogP contribution in [0.2, 0.25) is 0 Å². The van der Waals surface area contributed by atoms with Gasteiger partial charge in [-0.15, -0.1) is 0 Å². The maximum Gasteiger partial charge on any atom is 0.0781 e. The molecule has 0 saturated carbocycles. The molecule has 9 heteroatoms. The lowest BCUT2D eigenvalue weighted by Crippen LogP contribution is -2.24. The third-order valence-corrected chi connectivity index (χ3v) is 6.21. The fourth-order valence-electron chi connectivity index (χ4n) is 3.87. The van der Waals surface area contributed by atoms with Gasteiger partial charge in [-0.3, -0.25) is 0 Å². The SMILES string of the molecule is CCCCCCCCCCCCCOCC(C)OCC(C)OCCOCCOCCOCCOCCOCCO. The highest BCUT2D eigenvalue weighted by Crippen LogP contribution is 2.11. The predicted octanol–water partition coefficient (Wildman–Crippen LogP) is 5.20. The Hall–Kier alpha value is -0.360. The number of hydrogen-bond acceptors (Lipinski definition) is 9. The van der Waals surface area contributed by atoms with Crippen LogP contribution in [0.3, 0.4) is 0 Å². The van der Waals surface area contributed by atoms with Crippen LogP contribution in [0.4, 0.5) is 0 Å². The number of rotatable bonds is 35. The molecule has 0 aliphatic heterocycles. The van der Waals surface area contributed by atoms with Crippen LogP contribution < -0.4 is 0 Å². The average molecular weight is 581 g/mol. The highest BCUT2D eigenvalue weighted by molar-refractivity contribution is 4.53. The molecule has 0 saturated heterocycles. The molecule has 242 valence electrons. The maximum absolute atomic E-state index is 8.58. The lowest BCUT2D eigenvalue weighted by atomic mass is 10.1. The van der Waals surface area contributed by atoms with Gasteiger partial charge >= 0.3 is 0 Å². The van der Waals surface area contributed by atoms with Crippen LogP contribution in [0, 0.1) is 0 Å². The van der Waals surface area contributed by atoms with E-state index in [9.17, 15) is 0 Å². The molecule has 0 rings (SSSR count). The molecule has 0 spiro atoms. The molecule has 0 heterocycles. The van der Waals surface area contributed by atoms with Crippen molar-refractivity contribution < 1.29 is 43.0 Å². The monoisotopic (exact) mass is 580 g/mol. The van der Waals surface area contributed by atoms with E-state index in [1.54, 1.807) is 0 Å². The Labute approximate surface area is 245 Å². The molecule has 0 fully saturated rings. The summed E-state index contributed by atoms with van der Waals surface area (Å²) in [6.07, 6.45) is 14.9. The van der Waals surface area contributed by atoms with Crippen molar-refractivity contribution in [1.82, 2.24) is 0 Å². The molecule has 9 nitrogen and oxygen atoms in total. The first-order valence-electron chi connectivity index (χ1n) is 16.0. The van der Waals surface area contributed by atoms with Gasteiger partial charge < -0.3 is 43.0 Å². The van der Waals surface area contributed by atoms with Gasteiger partial charge in [-0.1, -0.05) is 71.1 Å². The molecule has 1 N–H and O–H groups in total. The van der Waals surface area contributed by atoms with Gasteiger partial charge in [0.25, 0.3) is 0 Å². The Morgan fingerprint density at radius 1 is 0.400 bits per heavy atom. The molecule has 2 atom stereocenters. The number of aliphatic hydroxyl groups is 1. The van der Waals surface area contributed by atoms with Crippen LogP contribution in [-0.2, 0) is 37.9 Å². The van der Waals surface area contributed by atoms with Crippen LogP contribution in [-0.4, -0.2) is 116 Å². The summed E-state index contributed by atoms with van der Waals surface area (Å²) in [6.45, 7) is 13.9. The van der Waals surface area contributed by atoms with Crippen molar-refractivity contribution in [3.8, 4) is 0 Å². The quantitative estimate of drug-likeness (QED) is 0.102. The van der Waals surface area contributed by atoms with Crippen LogP contribution >= 0.6 is 0 Å². The fourth-order valence-corrected chi connectivity index (χ4v) is 3.87. The third-order valence-electron chi connectivity index (χ3n) is 6.21. The summed E-state index contributed by atoms with van der Waals surface area (Å²) in [4.78, 5) is 0. The average Bonchev–Trinajstić information content (AvgIpc) is 2.96. The number of hydrogen-bond donors (Lipinski definition) is 1. The second kappa shape index (κ2) is 34.8. The van der Waals surface area contributed by atoms with Crippen molar-refractivity contribution in [2.45, 2.75) is 104 Å². The zero-order valence-electron chi connectivity index (χ0n) is 26.3. The normalized spacial score (nSPS) is 13.2. The zero-order valence-corrected chi connectivity index (χ0v) is 26.3. The number of unbranched alkanes of at least 4 members (excludes halogenated alkanes) is 10. The van der Waals surface area contributed by atoms with Gasteiger partial charge in [0.2, 0.25) is 0 Å². The minimum absolute atomic E-state index is 0.0168. The second-order valence-corrected chi connectivity index (χ2v) is 10.2. The first kappa shape index (κ1) is 39.6. The highest BCUT2D eigenvalue weighted by atomic mass is 16.6. The first-order valence-corrected chi connectivity index (χ1v) is 16.0. The molecule has 0 radical (unpaired) electrons. The summed E-state index contributed by atoms with van der Waals surface area (Å²) >= 11 is 0. The molecule has 0 amide bonds. The summed E-state index contributed by atoms with van der Waals surface area (Å²) in [5, 5.41) is 8.58. The van der Waals surface area contributed by atoms with Gasteiger partial charge in [0.05, 0.1) is 105 Å². The van der Waals surface area contributed by atoms with Crippen molar-refractivity contribution in [1.29, 1.82) is 0 Å². The van der Waals surface area contributed by atoms with Gasteiger partial charge in [-0.2, -0.15) is 0 Å². The Bertz CT molecular complexity index is 457. The lowest BCUT2D eigenvalue weighted by Gasteiger charge is -2.18. The highest BCUT2D eigenvalue weighted by Gasteiger charge is 2.07. The fraction of sp³-hybridized carbons (Fsp3) is 1.00. The number of aliphatic hydroxyl groups excluding tert-OH is 1. The lowest BCUT2D eigenvalue weighted by molar-refractivity contribution is -0.0689. The van der Waals surface area contributed by atoms with Crippen molar-refractivity contribution >= 4 is 0 Å². The van der Waals surface area contributed by atoms with Gasteiger partial charge in [0, 0.05) is 6.61 Å². The molecule has 0 aromatic carbocycles. The smallest absolute Gasteiger partial charge is 0.0781 e. The van der Waals surface area contributed by atoms with E-state index in [0.717, 1.165) is 13.0 Å². The van der Waals surface area contributed by atoms with Crippen LogP contribution in [0.5, 0.6) is 0 Å². The Morgan fingerprint density at radius 2 is 0.800 bits per heavy atom. The van der Waals surface area contributed by atoms with E-state index >= 15 is 0 Å². The Morgan fingerprint density at radius 3 is 1.27 bits per heavy atom. The molecule has 0 aliphatic carbocycles. The summed E-state index contributed by atoms with van der Waals surface area (Å²) < 4.78 is 44.3. The molecular weight excluding hydrogens is 516 g/mol. The third kappa shape index (κ3) is 33.8. The summed E-state index contributed by atoms with van der Waals surface area (Å²) in [5.41, 5.74) is 0. The largest absolute Gasteiger partial charge is 0.394 e. The molecule has 2 unspecified atom stereocenters. The molecule has 0 aromatic rings. The van der Waals surface area contributed by atoms with E-state index in [1.807, 2.05) is 13.8 Å². The predicted molar refractivity (Wildman–Crippen MR) is 159 cm³/mol.